The fourth-order valence-electron chi connectivity index (χ4n) is 2.05. The molecule has 1 amide bonds. The average Bonchev–Trinajstić information content (AvgIpc) is 2.97. The summed E-state index contributed by atoms with van der Waals surface area (Å²) in [6, 6.07) is 12.8. The second-order valence-electron chi connectivity index (χ2n) is 4.68. The minimum atomic E-state index is -0.996. The van der Waals surface area contributed by atoms with Crippen molar-refractivity contribution in [2.24, 2.45) is 0 Å². The van der Waals surface area contributed by atoms with E-state index in [0.29, 0.717) is 18.0 Å². The van der Waals surface area contributed by atoms with Gasteiger partial charge in [-0.2, -0.15) is 0 Å². The Morgan fingerprint density at radius 3 is 2.33 bits per heavy atom. The highest BCUT2D eigenvalue weighted by atomic mass is 32.1. The fraction of sp³-hybridized carbons (Fsp3) is 0.250. The number of carboxylic acid groups (broad SMARTS) is 1. The van der Waals surface area contributed by atoms with Crippen LogP contribution in [0.4, 0.5) is 0 Å². The van der Waals surface area contributed by atoms with E-state index in [2.05, 4.69) is 0 Å². The highest BCUT2D eigenvalue weighted by Gasteiger charge is 2.19. The molecular formula is C16H17NO3S. The molecule has 110 valence electrons. The van der Waals surface area contributed by atoms with Gasteiger partial charge in [0.2, 0.25) is 0 Å². The summed E-state index contributed by atoms with van der Waals surface area (Å²) >= 11 is 1.02. The molecule has 0 unspecified atom stereocenters. The number of amides is 1. The lowest BCUT2D eigenvalue weighted by molar-refractivity contribution is 0.0701. The number of carboxylic acids is 1. The predicted octanol–water partition coefficient (Wildman–Crippen LogP) is 3.50. The van der Waals surface area contributed by atoms with Crippen molar-refractivity contribution >= 4 is 23.2 Å². The normalized spacial score (nSPS) is 10.3. The molecule has 0 bridgehead atoms. The average molecular weight is 303 g/mol. The van der Waals surface area contributed by atoms with E-state index >= 15 is 0 Å². The van der Waals surface area contributed by atoms with Crippen molar-refractivity contribution in [3.05, 3.63) is 57.8 Å². The quantitative estimate of drug-likeness (QED) is 0.888. The first-order valence-corrected chi connectivity index (χ1v) is 7.59. The van der Waals surface area contributed by atoms with E-state index in [4.69, 9.17) is 5.11 Å². The van der Waals surface area contributed by atoms with Gasteiger partial charge >= 0.3 is 5.97 Å². The fourth-order valence-corrected chi connectivity index (χ4v) is 2.86. The summed E-state index contributed by atoms with van der Waals surface area (Å²) in [5.74, 6) is -1.11. The molecule has 0 atom stereocenters. The van der Waals surface area contributed by atoms with Gasteiger partial charge in [0.05, 0.1) is 4.88 Å². The summed E-state index contributed by atoms with van der Waals surface area (Å²) in [6.07, 6.45) is 0.857. The molecule has 2 rings (SSSR count). The van der Waals surface area contributed by atoms with Gasteiger partial charge in [-0.3, -0.25) is 4.79 Å². The van der Waals surface area contributed by atoms with Gasteiger partial charge in [-0.25, -0.2) is 4.79 Å². The van der Waals surface area contributed by atoms with Crippen LogP contribution >= 0.6 is 11.3 Å². The maximum atomic E-state index is 12.5. The largest absolute Gasteiger partial charge is 0.477 e. The first-order valence-electron chi connectivity index (χ1n) is 6.78. The predicted molar refractivity (Wildman–Crippen MR) is 82.8 cm³/mol. The van der Waals surface area contributed by atoms with Crippen LogP contribution in [0, 0.1) is 0 Å². The zero-order chi connectivity index (χ0) is 15.2. The van der Waals surface area contributed by atoms with E-state index in [1.165, 1.54) is 6.07 Å². The molecule has 0 aliphatic carbocycles. The van der Waals surface area contributed by atoms with Gasteiger partial charge in [-0.05, 0) is 24.1 Å². The second kappa shape index (κ2) is 7.04. The van der Waals surface area contributed by atoms with Crippen LogP contribution in [-0.4, -0.2) is 28.4 Å². The molecule has 2 aromatic rings. The van der Waals surface area contributed by atoms with Crippen LogP contribution < -0.4 is 0 Å². The number of benzene rings is 1. The first-order chi connectivity index (χ1) is 10.1. The Bertz CT molecular complexity index is 621. The zero-order valence-electron chi connectivity index (χ0n) is 11.8. The molecule has 0 aliphatic heterocycles. The molecule has 1 aromatic carbocycles. The van der Waals surface area contributed by atoms with Crippen LogP contribution in [0.3, 0.4) is 0 Å². The minimum Gasteiger partial charge on any atom is -0.477 e. The molecular weight excluding hydrogens is 286 g/mol. The van der Waals surface area contributed by atoms with E-state index < -0.39 is 5.97 Å². The first kappa shape index (κ1) is 15.3. The van der Waals surface area contributed by atoms with Crippen LogP contribution in [-0.2, 0) is 6.54 Å². The number of carbonyl (C=O) groups excluding carboxylic acids is 1. The van der Waals surface area contributed by atoms with Crippen molar-refractivity contribution in [2.45, 2.75) is 19.9 Å². The van der Waals surface area contributed by atoms with E-state index in [9.17, 15) is 9.59 Å². The number of aromatic carboxylic acids is 1. The number of rotatable bonds is 6. The van der Waals surface area contributed by atoms with Gasteiger partial charge in [-0.1, -0.05) is 37.3 Å². The lowest BCUT2D eigenvalue weighted by atomic mass is 10.2. The van der Waals surface area contributed by atoms with Gasteiger partial charge < -0.3 is 10.0 Å². The molecule has 1 heterocycles. The number of hydrogen-bond acceptors (Lipinski definition) is 3. The number of hydrogen-bond donors (Lipinski definition) is 1. The molecule has 0 saturated carbocycles. The molecule has 0 radical (unpaired) electrons. The maximum absolute atomic E-state index is 12.5. The van der Waals surface area contributed by atoms with Gasteiger partial charge in [0.1, 0.15) is 4.88 Å². The Morgan fingerprint density at radius 2 is 1.76 bits per heavy atom. The Hall–Kier alpha value is -2.14. The third-order valence-corrected chi connectivity index (χ3v) is 4.09. The summed E-state index contributed by atoms with van der Waals surface area (Å²) in [7, 11) is 0. The van der Waals surface area contributed by atoms with Crippen LogP contribution in [0.25, 0.3) is 0 Å². The summed E-state index contributed by atoms with van der Waals surface area (Å²) in [5, 5.41) is 8.94. The van der Waals surface area contributed by atoms with E-state index in [1.54, 1.807) is 11.0 Å². The lowest BCUT2D eigenvalue weighted by Gasteiger charge is -2.21. The molecule has 5 heteroatoms. The summed E-state index contributed by atoms with van der Waals surface area (Å²) < 4.78 is 0. The van der Waals surface area contributed by atoms with Crippen molar-refractivity contribution in [2.75, 3.05) is 6.54 Å². The highest BCUT2D eigenvalue weighted by molar-refractivity contribution is 7.15. The molecule has 0 aliphatic rings. The van der Waals surface area contributed by atoms with E-state index in [-0.39, 0.29) is 10.8 Å². The molecule has 4 nitrogen and oxygen atoms in total. The topological polar surface area (TPSA) is 57.6 Å². The SMILES string of the molecule is CCCN(Cc1ccccc1)C(=O)c1ccc(C(=O)O)s1. The van der Waals surface area contributed by atoms with Crippen molar-refractivity contribution in [3.63, 3.8) is 0 Å². The van der Waals surface area contributed by atoms with Gasteiger partial charge in [0.25, 0.3) is 5.91 Å². The van der Waals surface area contributed by atoms with Crippen LogP contribution in [0.2, 0.25) is 0 Å². The summed E-state index contributed by atoms with van der Waals surface area (Å²) in [6.45, 7) is 3.20. The van der Waals surface area contributed by atoms with Crippen molar-refractivity contribution in [1.29, 1.82) is 0 Å². The van der Waals surface area contributed by atoms with Crippen LogP contribution in [0.5, 0.6) is 0 Å². The molecule has 1 aromatic heterocycles. The molecule has 0 fully saturated rings. The van der Waals surface area contributed by atoms with Gasteiger partial charge in [0, 0.05) is 13.1 Å². The maximum Gasteiger partial charge on any atom is 0.345 e. The van der Waals surface area contributed by atoms with Crippen molar-refractivity contribution < 1.29 is 14.7 Å². The van der Waals surface area contributed by atoms with Crippen LogP contribution in [0.15, 0.2) is 42.5 Å². The Labute approximate surface area is 127 Å². The van der Waals surface area contributed by atoms with Gasteiger partial charge in [0.15, 0.2) is 0 Å². The minimum absolute atomic E-state index is 0.113. The number of nitrogens with zero attached hydrogens (tertiary/aromatic N) is 1. The summed E-state index contributed by atoms with van der Waals surface area (Å²) in [5.41, 5.74) is 1.06. The van der Waals surface area contributed by atoms with Crippen molar-refractivity contribution in [1.82, 2.24) is 4.90 Å². The lowest BCUT2D eigenvalue weighted by Crippen LogP contribution is -2.30. The second-order valence-corrected chi connectivity index (χ2v) is 5.77. The number of thiophene rings is 1. The smallest absolute Gasteiger partial charge is 0.345 e. The zero-order valence-corrected chi connectivity index (χ0v) is 12.6. The van der Waals surface area contributed by atoms with Gasteiger partial charge in [-0.15, -0.1) is 11.3 Å². The molecule has 21 heavy (non-hydrogen) atoms. The Balaban J connectivity index is 2.16. The van der Waals surface area contributed by atoms with E-state index in [0.717, 1.165) is 23.3 Å². The van der Waals surface area contributed by atoms with E-state index in [1.807, 2.05) is 37.3 Å². The third-order valence-electron chi connectivity index (χ3n) is 3.02. The highest BCUT2D eigenvalue weighted by Crippen LogP contribution is 2.19. The summed E-state index contributed by atoms with van der Waals surface area (Å²) in [4.78, 5) is 25.8. The Morgan fingerprint density at radius 1 is 1.10 bits per heavy atom. The van der Waals surface area contributed by atoms with Crippen LogP contribution in [0.1, 0.15) is 38.3 Å². The standard InChI is InChI=1S/C16H17NO3S/c1-2-10-17(11-12-6-4-3-5-7-12)15(18)13-8-9-14(21-13)16(19)20/h3-9H,2,10-11H2,1H3,(H,19,20). The van der Waals surface area contributed by atoms with Crippen molar-refractivity contribution in [3.8, 4) is 0 Å². The third kappa shape index (κ3) is 3.92. The molecule has 0 saturated heterocycles. The Kier molecular flexibility index (Phi) is 5.11. The molecule has 0 spiro atoms. The monoisotopic (exact) mass is 303 g/mol. The molecule has 1 N–H and O–H groups in total. The number of carbonyl (C=O) groups is 2.